The molecule has 2 aromatic rings. The first-order chi connectivity index (χ1) is 12.2. The standard InChI is InChI=1S/C18H21ClN4O2/c19-15-3-4-17(21-11-15)22-18(24)12-23-8-5-16(6-9-23)25-13-14-2-1-7-20-10-14/h1-4,7,10-11,16H,5-6,8-9,12-13H2,(H,21,22,24). The normalized spacial score (nSPS) is 15.9. The molecule has 7 heteroatoms. The summed E-state index contributed by atoms with van der Waals surface area (Å²) in [6, 6.07) is 7.32. The van der Waals surface area contributed by atoms with Gasteiger partial charge in [-0.3, -0.25) is 14.7 Å². The van der Waals surface area contributed by atoms with Crippen LogP contribution < -0.4 is 5.32 Å². The first-order valence-electron chi connectivity index (χ1n) is 8.33. The maximum Gasteiger partial charge on any atom is 0.239 e. The number of anilines is 1. The fourth-order valence-corrected chi connectivity index (χ4v) is 2.88. The largest absolute Gasteiger partial charge is 0.373 e. The summed E-state index contributed by atoms with van der Waals surface area (Å²) >= 11 is 5.78. The van der Waals surface area contributed by atoms with Crippen LogP contribution >= 0.6 is 11.6 Å². The van der Waals surface area contributed by atoms with E-state index >= 15 is 0 Å². The molecule has 0 unspecified atom stereocenters. The fraction of sp³-hybridized carbons (Fsp3) is 0.389. The van der Waals surface area contributed by atoms with E-state index in [9.17, 15) is 4.79 Å². The monoisotopic (exact) mass is 360 g/mol. The number of aromatic nitrogens is 2. The molecule has 0 bridgehead atoms. The third-order valence-corrected chi connectivity index (χ3v) is 4.33. The number of nitrogens with zero attached hydrogens (tertiary/aromatic N) is 3. The van der Waals surface area contributed by atoms with Crippen LogP contribution in [0.25, 0.3) is 0 Å². The third kappa shape index (κ3) is 5.77. The van der Waals surface area contributed by atoms with Crippen molar-refractivity contribution >= 4 is 23.3 Å². The highest BCUT2D eigenvalue weighted by molar-refractivity contribution is 6.30. The zero-order valence-corrected chi connectivity index (χ0v) is 14.7. The highest BCUT2D eigenvalue weighted by atomic mass is 35.5. The van der Waals surface area contributed by atoms with Crippen LogP contribution in [0.3, 0.4) is 0 Å². The lowest BCUT2D eigenvalue weighted by atomic mass is 10.1. The van der Waals surface area contributed by atoms with Crippen molar-refractivity contribution in [1.82, 2.24) is 14.9 Å². The highest BCUT2D eigenvalue weighted by Gasteiger charge is 2.21. The van der Waals surface area contributed by atoms with Gasteiger partial charge in [-0.2, -0.15) is 0 Å². The van der Waals surface area contributed by atoms with E-state index in [1.807, 2.05) is 18.3 Å². The summed E-state index contributed by atoms with van der Waals surface area (Å²) in [5.41, 5.74) is 1.08. The van der Waals surface area contributed by atoms with Gasteiger partial charge in [0.05, 0.1) is 24.3 Å². The molecule has 1 aliphatic rings. The fourth-order valence-electron chi connectivity index (χ4n) is 2.77. The number of halogens is 1. The molecule has 3 rings (SSSR count). The molecule has 132 valence electrons. The molecule has 0 spiro atoms. The van der Waals surface area contributed by atoms with Crippen molar-refractivity contribution in [3.8, 4) is 0 Å². The molecule has 3 heterocycles. The van der Waals surface area contributed by atoms with E-state index in [1.54, 1.807) is 18.3 Å². The first-order valence-corrected chi connectivity index (χ1v) is 8.71. The lowest BCUT2D eigenvalue weighted by Crippen LogP contribution is -2.41. The molecule has 2 aromatic heterocycles. The van der Waals surface area contributed by atoms with Crippen LogP contribution in [-0.2, 0) is 16.1 Å². The van der Waals surface area contributed by atoms with Crippen LogP contribution in [-0.4, -0.2) is 46.5 Å². The zero-order valence-electron chi connectivity index (χ0n) is 13.9. The Balaban J connectivity index is 1.37. The Labute approximate surface area is 152 Å². The van der Waals surface area contributed by atoms with E-state index in [4.69, 9.17) is 16.3 Å². The summed E-state index contributed by atoms with van der Waals surface area (Å²) in [7, 11) is 0. The van der Waals surface area contributed by atoms with Gasteiger partial charge in [0, 0.05) is 31.7 Å². The van der Waals surface area contributed by atoms with Crippen LogP contribution in [0.5, 0.6) is 0 Å². The highest BCUT2D eigenvalue weighted by Crippen LogP contribution is 2.16. The van der Waals surface area contributed by atoms with Crippen molar-refractivity contribution in [3.63, 3.8) is 0 Å². The van der Waals surface area contributed by atoms with Gasteiger partial charge in [-0.05, 0) is 36.6 Å². The minimum Gasteiger partial charge on any atom is -0.373 e. The topological polar surface area (TPSA) is 67.4 Å². The van der Waals surface area contributed by atoms with Crippen molar-refractivity contribution in [2.24, 2.45) is 0 Å². The van der Waals surface area contributed by atoms with Crippen LogP contribution in [0.4, 0.5) is 5.82 Å². The molecular weight excluding hydrogens is 340 g/mol. The molecule has 25 heavy (non-hydrogen) atoms. The van der Waals surface area contributed by atoms with Crippen LogP contribution in [0.1, 0.15) is 18.4 Å². The van der Waals surface area contributed by atoms with E-state index in [0.717, 1.165) is 31.5 Å². The number of pyridine rings is 2. The number of amides is 1. The van der Waals surface area contributed by atoms with Gasteiger partial charge in [0.15, 0.2) is 0 Å². The van der Waals surface area contributed by atoms with Crippen molar-refractivity contribution < 1.29 is 9.53 Å². The van der Waals surface area contributed by atoms with Gasteiger partial charge in [-0.25, -0.2) is 4.98 Å². The van der Waals surface area contributed by atoms with Crippen molar-refractivity contribution in [2.75, 3.05) is 25.0 Å². The number of hydrogen-bond donors (Lipinski definition) is 1. The number of carbonyl (C=O) groups excluding carboxylic acids is 1. The van der Waals surface area contributed by atoms with Gasteiger partial charge >= 0.3 is 0 Å². The molecule has 1 saturated heterocycles. The number of piperidine rings is 1. The van der Waals surface area contributed by atoms with Crippen molar-refractivity contribution in [1.29, 1.82) is 0 Å². The second-order valence-corrected chi connectivity index (χ2v) is 6.49. The Kier molecular flexibility index (Phi) is 6.33. The van der Waals surface area contributed by atoms with E-state index in [1.165, 1.54) is 6.20 Å². The van der Waals surface area contributed by atoms with E-state index in [2.05, 4.69) is 20.2 Å². The molecule has 1 fully saturated rings. The SMILES string of the molecule is O=C(CN1CCC(OCc2cccnc2)CC1)Nc1ccc(Cl)cn1. The molecule has 1 N–H and O–H groups in total. The maximum absolute atomic E-state index is 12.1. The summed E-state index contributed by atoms with van der Waals surface area (Å²) in [5, 5.41) is 3.33. The molecular formula is C18H21ClN4O2. The maximum atomic E-state index is 12.1. The number of ether oxygens (including phenoxy) is 1. The van der Waals surface area contributed by atoms with Crippen LogP contribution in [0.2, 0.25) is 5.02 Å². The Morgan fingerprint density at radius 1 is 1.28 bits per heavy atom. The average Bonchev–Trinajstić information content (AvgIpc) is 2.64. The second-order valence-electron chi connectivity index (χ2n) is 6.06. The minimum absolute atomic E-state index is 0.0652. The first kappa shape index (κ1) is 17.8. The molecule has 0 saturated carbocycles. The quantitative estimate of drug-likeness (QED) is 0.858. The molecule has 0 aromatic carbocycles. The van der Waals surface area contributed by atoms with E-state index in [-0.39, 0.29) is 12.0 Å². The summed E-state index contributed by atoms with van der Waals surface area (Å²) in [6.45, 7) is 2.64. The lowest BCUT2D eigenvalue weighted by molar-refractivity contribution is -0.118. The number of hydrogen-bond acceptors (Lipinski definition) is 5. The minimum atomic E-state index is -0.0652. The second kappa shape index (κ2) is 8.89. The van der Waals surface area contributed by atoms with E-state index in [0.29, 0.717) is 24.0 Å². The number of carbonyl (C=O) groups is 1. The van der Waals surface area contributed by atoms with Crippen molar-refractivity contribution in [3.05, 3.63) is 53.4 Å². The Morgan fingerprint density at radius 3 is 2.80 bits per heavy atom. The van der Waals surface area contributed by atoms with Gasteiger partial charge in [0.2, 0.25) is 5.91 Å². The van der Waals surface area contributed by atoms with Gasteiger partial charge < -0.3 is 10.1 Å². The number of nitrogens with one attached hydrogen (secondary N) is 1. The molecule has 0 aliphatic carbocycles. The average molecular weight is 361 g/mol. The molecule has 6 nitrogen and oxygen atoms in total. The summed E-state index contributed by atoms with van der Waals surface area (Å²) in [5.74, 6) is 0.452. The summed E-state index contributed by atoms with van der Waals surface area (Å²) in [4.78, 5) is 22.4. The van der Waals surface area contributed by atoms with E-state index < -0.39 is 0 Å². The van der Waals surface area contributed by atoms with Gasteiger partial charge in [0.25, 0.3) is 0 Å². The summed E-state index contributed by atoms with van der Waals surface area (Å²) < 4.78 is 5.94. The van der Waals surface area contributed by atoms with Crippen LogP contribution in [0, 0.1) is 0 Å². The predicted molar refractivity (Wildman–Crippen MR) is 96.4 cm³/mol. The predicted octanol–water partition coefficient (Wildman–Crippen LogP) is 2.75. The van der Waals surface area contributed by atoms with Gasteiger partial charge in [-0.1, -0.05) is 17.7 Å². The molecule has 0 radical (unpaired) electrons. The van der Waals surface area contributed by atoms with Crippen LogP contribution in [0.15, 0.2) is 42.9 Å². The molecule has 1 aliphatic heterocycles. The number of likely N-dealkylation sites (tertiary alicyclic amines) is 1. The number of rotatable bonds is 6. The smallest absolute Gasteiger partial charge is 0.239 e. The molecule has 1 amide bonds. The third-order valence-electron chi connectivity index (χ3n) is 4.11. The van der Waals surface area contributed by atoms with Crippen molar-refractivity contribution in [2.45, 2.75) is 25.6 Å². The Hall–Kier alpha value is -2.02. The van der Waals surface area contributed by atoms with Gasteiger partial charge in [-0.15, -0.1) is 0 Å². The lowest BCUT2D eigenvalue weighted by Gasteiger charge is -2.31. The Bertz CT molecular complexity index is 673. The van der Waals surface area contributed by atoms with Gasteiger partial charge in [0.1, 0.15) is 5.82 Å². The zero-order chi connectivity index (χ0) is 17.5. The summed E-state index contributed by atoms with van der Waals surface area (Å²) in [6.07, 6.45) is 7.18. The Morgan fingerprint density at radius 2 is 2.12 bits per heavy atom. The molecule has 0 atom stereocenters.